The summed E-state index contributed by atoms with van der Waals surface area (Å²) < 4.78 is 3.71. The van der Waals surface area contributed by atoms with Gasteiger partial charge in [0, 0.05) is 38.0 Å². The first kappa shape index (κ1) is 21.1. The van der Waals surface area contributed by atoms with Crippen molar-refractivity contribution >= 4 is 16.8 Å². The van der Waals surface area contributed by atoms with Gasteiger partial charge < -0.3 is 9.88 Å². The van der Waals surface area contributed by atoms with Crippen LogP contribution in [0.2, 0.25) is 0 Å². The first-order valence-corrected chi connectivity index (χ1v) is 11.5. The van der Waals surface area contributed by atoms with Gasteiger partial charge in [0.05, 0.1) is 10.9 Å². The Labute approximate surface area is 192 Å². The number of nitrogens with zero attached hydrogens (tertiary/aromatic N) is 4. The highest BCUT2D eigenvalue weighted by Gasteiger charge is 2.22. The van der Waals surface area contributed by atoms with Gasteiger partial charge in [0.2, 0.25) is 0 Å². The van der Waals surface area contributed by atoms with Gasteiger partial charge >= 0.3 is 0 Å². The highest BCUT2D eigenvalue weighted by atomic mass is 16.1. The van der Waals surface area contributed by atoms with Crippen LogP contribution in [-0.2, 0) is 20.0 Å². The van der Waals surface area contributed by atoms with Crippen molar-refractivity contribution in [2.45, 2.75) is 44.7 Å². The topological polar surface area (TPSA) is 81.8 Å². The van der Waals surface area contributed by atoms with Crippen molar-refractivity contribution < 1.29 is 4.79 Å². The number of rotatable bonds is 4. The minimum absolute atomic E-state index is 0.0148. The Morgan fingerprint density at radius 2 is 1.88 bits per heavy atom. The standard InChI is InChI=1S/C26H27N5O2/c1-30-16-14-27-24(30)23(18-9-5-4-6-10-18)29-25(32)19-12-13-20-21(17-19)28-22-11-7-2-3-8-15-31(22)26(20)33/h4-6,9-10,12-14,16-17,23H,2-3,7-8,11,15H2,1H3,(H,29,32). The van der Waals surface area contributed by atoms with E-state index in [1.165, 1.54) is 0 Å². The fraction of sp³-hybridized carbons (Fsp3) is 0.308. The Balaban J connectivity index is 1.50. The van der Waals surface area contributed by atoms with E-state index in [4.69, 9.17) is 4.98 Å². The van der Waals surface area contributed by atoms with Crippen LogP contribution < -0.4 is 10.9 Å². The van der Waals surface area contributed by atoms with Crippen LogP contribution in [0.25, 0.3) is 10.9 Å². The van der Waals surface area contributed by atoms with Crippen LogP contribution in [0, 0.1) is 0 Å². The first-order chi connectivity index (χ1) is 16.1. The van der Waals surface area contributed by atoms with Crippen molar-refractivity contribution in [1.29, 1.82) is 0 Å². The number of hydrogen-bond donors (Lipinski definition) is 1. The van der Waals surface area contributed by atoms with Crippen LogP contribution in [0.3, 0.4) is 0 Å². The number of nitrogens with one attached hydrogen (secondary N) is 1. The van der Waals surface area contributed by atoms with Gasteiger partial charge in [-0.3, -0.25) is 14.2 Å². The van der Waals surface area contributed by atoms with Crippen molar-refractivity contribution in [1.82, 2.24) is 24.4 Å². The van der Waals surface area contributed by atoms with E-state index >= 15 is 0 Å². The van der Waals surface area contributed by atoms with E-state index in [2.05, 4.69) is 10.3 Å². The SMILES string of the molecule is Cn1ccnc1C(NC(=O)c1ccc2c(=O)n3c(nc2c1)CCCCCC3)c1ccccc1. The van der Waals surface area contributed by atoms with Gasteiger partial charge in [-0.25, -0.2) is 9.97 Å². The second-order valence-corrected chi connectivity index (χ2v) is 8.59. The fourth-order valence-electron chi connectivity index (χ4n) is 4.55. The van der Waals surface area contributed by atoms with Crippen LogP contribution >= 0.6 is 0 Å². The molecule has 5 rings (SSSR count). The molecular weight excluding hydrogens is 414 g/mol. The van der Waals surface area contributed by atoms with Gasteiger partial charge in [-0.2, -0.15) is 0 Å². The lowest BCUT2D eigenvalue weighted by atomic mass is 10.0. The maximum absolute atomic E-state index is 13.3. The zero-order valence-corrected chi connectivity index (χ0v) is 18.7. The summed E-state index contributed by atoms with van der Waals surface area (Å²) in [5, 5.41) is 3.67. The summed E-state index contributed by atoms with van der Waals surface area (Å²) in [6.45, 7) is 0.710. The predicted octanol–water partition coefficient (Wildman–Crippen LogP) is 3.77. The average Bonchev–Trinajstić information content (AvgIpc) is 3.24. The van der Waals surface area contributed by atoms with E-state index in [0.717, 1.165) is 49.3 Å². The molecule has 4 aromatic rings. The maximum Gasteiger partial charge on any atom is 0.261 e. The third-order valence-corrected chi connectivity index (χ3v) is 6.35. The van der Waals surface area contributed by atoms with Crippen LogP contribution in [0.1, 0.15) is 59.3 Å². The van der Waals surface area contributed by atoms with Crippen LogP contribution in [0.15, 0.2) is 65.7 Å². The smallest absolute Gasteiger partial charge is 0.261 e. The summed E-state index contributed by atoms with van der Waals surface area (Å²) in [5.41, 5.74) is 1.98. The predicted molar refractivity (Wildman–Crippen MR) is 127 cm³/mol. The van der Waals surface area contributed by atoms with E-state index in [-0.39, 0.29) is 11.5 Å². The van der Waals surface area contributed by atoms with E-state index < -0.39 is 6.04 Å². The second-order valence-electron chi connectivity index (χ2n) is 8.59. The van der Waals surface area contributed by atoms with E-state index in [1.54, 1.807) is 24.4 Å². The lowest BCUT2D eigenvalue weighted by Gasteiger charge is -2.19. The van der Waals surface area contributed by atoms with Gasteiger partial charge in [-0.15, -0.1) is 0 Å². The highest BCUT2D eigenvalue weighted by Crippen LogP contribution is 2.22. The summed E-state index contributed by atoms with van der Waals surface area (Å²) >= 11 is 0. The Kier molecular flexibility index (Phi) is 5.77. The normalized spacial score (nSPS) is 14.8. The summed E-state index contributed by atoms with van der Waals surface area (Å²) in [4.78, 5) is 35.6. The molecule has 1 amide bonds. The minimum Gasteiger partial charge on any atom is -0.338 e. The van der Waals surface area contributed by atoms with Gasteiger partial charge in [0.1, 0.15) is 17.7 Å². The molecule has 168 valence electrons. The average molecular weight is 442 g/mol. The fourth-order valence-corrected chi connectivity index (χ4v) is 4.55. The quantitative estimate of drug-likeness (QED) is 0.523. The van der Waals surface area contributed by atoms with E-state index in [1.807, 2.05) is 52.7 Å². The minimum atomic E-state index is -0.399. The molecule has 0 bridgehead atoms. The Hall–Kier alpha value is -3.74. The molecule has 0 fully saturated rings. The van der Waals surface area contributed by atoms with Crippen LogP contribution in [0.4, 0.5) is 0 Å². The largest absolute Gasteiger partial charge is 0.338 e. The number of hydrogen-bond acceptors (Lipinski definition) is 4. The number of carbonyl (C=O) groups excluding carboxylic acids is 1. The molecule has 0 saturated heterocycles. The maximum atomic E-state index is 13.3. The Bertz CT molecular complexity index is 1360. The number of aryl methyl sites for hydroxylation is 2. The first-order valence-electron chi connectivity index (χ1n) is 11.5. The molecule has 7 nitrogen and oxygen atoms in total. The Morgan fingerprint density at radius 3 is 2.67 bits per heavy atom. The molecule has 1 atom stereocenters. The summed E-state index contributed by atoms with van der Waals surface area (Å²) in [6.07, 6.45) is 8.69. The molecule has 3 heterocycles. The van der Waals surface area contributed by atoms with Crippen molar-refractivity contribution in [3.8, 4) is 0 Å². The molecule has 1 aliphatic heterocycles. The lowest BCUT2D eigenvalue weighted by Crippen LogP contribution is -2.31. The highest BCUT2D eigenvalue weighted by molar-refractivity contribution is 5.98. The van der Waals surface area contributed by atoms with E-state index in [9.17, 15) is 9.59 Å². The van der Waals surface area contributed by atoms with Crippen LogP contribution in [0.5, 0.6) is 0 Å². The lowest BCUT2D eigenvalue weighted by molar-refractivity contribution is 0.0941. The number of imidazole rings is 1. The molecule has 33 heavy (non-hydrogen) atoms. The molecule has 2 aromatic carbocycles. The van der Waals surface area contributed by atoms with Crippen molar-refractivity contribution in [2.75, 3.05) is 0 Å². The zero-order valence-electron chi connectivity index (χ0n) is 18.7. The van der Waals surface area contributed by atoms with Crippen molar-refractivity contribution in [3.63, 3.8) is 0 Å². The number of benzene rings is 2. The number of aromatic nitrogens is 4. The molecule has 7 heteroatoms. The number of fused-ring (bicyclic) bond motifs is 2. The second kappa shape index (κ2) is 9.02. The summed E-state index contributed by atoms with van der Waals surface area (Å²) in [5.74, 6) is 1.33. The van der Waals surface area contributed by atoms with Crippen molar-refractivity contribution in [2.24, 2.45) is 7.05 Å². The molecule has 0 saturated carbocycles. The third kappa shape index (κ3) is 4.18. The summed E-state index contributed by atoms with van der Waals surface area (Å²) in [7, 11) is 1.91. The molecule has 0 spiro atoms. The molecule has 0 radical (unpaired) electrons. The molecule has 2 aromatic heterocycles. The van der Waals surface area contributed by atoms with E-state index in [0.29, 0.717) is 23.0 Å². The van der Waals surface area contributed by atoms with Gasteiger partial charge in [0.25, 0.3) is 11.5 Å². The Morgan fingerprint density at radius 1 is 1.06 bits per heavy atom. The van der Waals surface area contributed by atoms with Gasteiger partial charge in [-0.05, 0) is 36.6 Å². The monoisotopic (exact) mass is 441 g/mol. The molecule has 0 aliphatic carbocycles. The van der Waals surface area contributed by atoms with Crippen molar-refractivity contribution in [3.05, 3.63) is 94.1 Å². The van der Waals surface area contributed by atoms with Crippen LogP contribution in [-0.4, -0.2) is 25.0 Å². The molecule has 1 unspecified atom stereocenters. The molecule has 1 N–H and O–H groups in total. The zero-order chi connectivity index (χ0) is 22.8. The molecular formula is C26H27N5O2. The van der Waals surface area contributed by atoms with Gasteiger partial charge in [-0.1, -0.05) is 43.2 Å². The summed E-state index contributed by atoms with van der Waals surface area (Å²) in [6, 6.07) is 14.5. The number of carbonyl (C=O) groups is 1. The number of amides is 1. The third-order valence-electron chi connectivity index (χ3n) is 6.35. The molecule has 1 aliphatic rings. The van der Waals surface area contributed by atoms with Gasteiger partial charge in [0.15, 0.2) is 0 Å².